The minimum Gasteiger partial charge on any atom is -0.453 e. The predicted molar refractivity (Wildman–Crippen MR) is 153 cm³/mol. The number of halogens is 1. The van der Waals surface area contributed by atoms with Crippen molar-refractivity contribution in [2.75, 3.05) is 24.3 Å². The predicted octanol–water partition coefficient (Wildman–Crippen LogP) is 3.58. The highest BCUT2D eigenvalue weighted by atomic mass is 35.5. The number of fused-ring (bicyclic) bond motifs is 1. The van der Waals surface area contributed by atoms with Crippen LogP contribution in [-0.2, 0) is 20.7 Å². The number of tetrazole rings is 1. The van der Waals surface area contributed by atoms with Gasteiger partial charge in [0.1, 0.15) is 18.6 Å². The summed E-state index contributed by atoms with van der Waals surface area (Å²) in [5.41, 5.74) is 2.26. The lowest BCUT2D eigenvalue weighted by Crippen LogP contribution is -2.45. The van der Waals surface area contributed by atoms with Crippen molar-refractivity contribution in [3.63, 3.8) is 0 Å². The van der Waals surface area contributed by atoms with Crippen LogP contribution in [0.25, 0.3) is 11.8 Å². The van der Waals surface area contributed by atoms with Crippen molar-refractivity contribution in [3.8, 4) is 5.69 Å². The number of methoxy groups -OCH3 is 1. The van der Waals surface area contributed by atoms with E-state index in [1.54, 1.807) is 42.5 Å². The minimum atomic E-state index is -1.24. The van der Waals surface area contributed by atoms with Crippen LogP contribution in [0.15, 0.2) is 67.1 Å². The average molecular weight is 604 g/mol. The summed E-state index contributed by atoms with van der Waals surface area (Å²) in [7, 11) is 1.23. The maximum Gasteiger partial charge on any atom is 0.411 e. The van der Waals surface area contributed by atoms with E-state index >= 15 is 0 Å². The van der Waals surface area contributed by atoms with Gasteiger partial charge in [0.05, 0.1) is 17.7 Å². The smallest absolute Gasteiger partial charge is 0.411 e. The van der Waals surface area contributed by atoms with Crippen LogP contribution >= 0.6 is 11.6 Å². The minimum absolute atomic E-state index is 0.121. The molecule has 16 heteroatoms. The number of aromatic nitrogens is 5. The van der Waals surface area contributed by atoms with E-state index in [0.29, 0.717) is 33.3 Å². The molecule has 1 aliphatic heterocycles. The first-order chi connectivity index (χ1) is 20.7. The lowest BCUT2D eigenvalue weighted by molar-refractivity contribution is -0.385. The number of anilines is 2. The van der Waals surface area contributed by atoms with Gasteiger partial charge in [-0.05, 0) is 59.0 Å². The largest absolute Gasteiger partial charge is 0.453 e. The van der Waals surface area contributed by atoms with Gasteiger partial charge in [-0.15, -0.1) is 5.10 Å². The fourth-order valence-electron chi connectivity index (χ4n) is 4.50. The Kier molecular flexibility index (Phi) is 8.34. The van der Waals surface area contributed by atoms with Crippen LogP contribution in [-0.4, -0.2) is 66.6 Å². The Bertz CT molecular complexity index is 1730. The number of nitrogens with zero attached hydrogens (tertiary/aromatic N) is 7. The molecule has 0 saturated heterocycles. The molecule has 0 aliphatic carbocycles. The van der Waals surface area contributed by atoms with Crippen molar-refractivity contribution in [1.29, 1.82) is 0 Å². The van der Waals surface area contributed by atoms with E-state index in [0.717, 1.165) is 6.20 Å². The van der Waals surface area contributed by atoms with Crippen LogP contribution in [0.3, 0.4) is 0 Å². The quantitative estimate of drug-likeness (QED) is 0.179. The molecule has 5 rings (SSSR count). The molecule has 0 radical (unpaired) electrons. The Hall–Kier alpha value is -5.70. The number of benzene rings is 2. The van der Waals surface area contributed by atoms with Gasteiger partial charge < -0.3 is 15.0 Å². The molecule has 0 spiro atoms. The van der Waals surface area contributed by atoms with Gasteiger partial charge in [-0.2, -0.15) is 4.68 Å². The van der Waals surface area contributed by atoms with Gasteiger partial charge in [0.2, 0.25) is 5.91 Å². The number of pyridine rings is 1. The molecule has 1 atom stereocenters. The highest BCUT2D eigenvalue weighted by Crippen LogP contribution is 2.33. The Morgan fingerprint density at radius 1 is 1.12 bits per heavy atom. The number of nitrogens with one attached hydrogen (secondary N) is 2. The third kappa shape index (κ3) is 6.46. The lowest BCUT2D eigenvalue weighted by Gasteiger charge is -2.35. The zero-order chi connectivity index (χ0) is 30.5. The fourth-order valence-corrected chi connectivity index (χ4v) is 4.68. The standard InChI is InChI=1S/C27H22ClN9O6/c1-43-27(40)32-19-6-4-18(5-7-19)31-26(39)25-21-13-20(37(41)42)14-29-22(21)10-11-35(25)24(38)9-2-16-12-17(28)3-8-23(16)36-15-30-33-34-36/h2-9,12-15,25H,10-11H2,1H3,(H,31,39)(H,32,40). The number of hydrogen-bond donors (Lipinski definition) is 2. The van der Waals surface area contributed by atoms with E-state index in [1.165, 1.54) is 41.2 Å². The molecule has 3 heterocycles. The first kappa shape index (κ1) is 28.8. The average Bonchev–Trinajstić information content (AvgIpc) is 3.54. The second kappa shape index (κ2) is 12.4. The number of amides is 3. The summed E-state index contributed by atoms with van der Waals surface area (Å²) in [5, 5.41) is 28.3. The summed E-state index contributed by atoms with van der Waals surface area (Å²) in [6, 6.07) is 11.2. The molecule has 218 valence electrons. The number of ether oxygens (including phenoxy) is 1. The van der Waals surface area contributed by atoms with Gasteiger partial charge in [0.15, 0.2) is 0 Å². The van der Waals surface area contributed by atoms with E-state index in [1.807, 2.05) is 0 Å². The van der Waals surface area contributed by atoms with Crippen molar-refractivity contribution in [2.24, 2.45) is 0 Å². The molecular weight excluding hydrogens is 582 g/mol. The van der Waals surface area contributed by atoms with Crippen LogP contribution < -0.4 is 10.6 Å². The molecule has 0 saturated carbocycles. The van der Waals surface area contributed by atoms with Crippen molar-refractivity contribution in [3.05, 3.63) is 99.1 Å². The number of nitro groups is 1. The maximum atomic E-state index is 13.7. The molecule has 43 heavy (non-hydrogen) atoms. The van der Waals surface area contributed by atoms with Gasteiger partial charge >= 0.3 is 6.09 Å². The summed E-state index contributed by atoms with van der Waals surface area (Å²) >= 11 is 6.19. The second-order valence-electron chi connectivity index (χ2n) is 9.14. The fraction of sp³-hybridized carbons (Fsp3) is 0.148. The van der Waals surface area contributed by atoms with Crippen molar-refractivity contribution in [2.45, 2.75) is 12.5 Å². The van der Waals surface area contributed by atoms with Crippen molar-refractivity contribution >= 4 is 52.6 Å². The van der Waals surface area contributed by atoms with Gasteiger partial charge in [-0.3, -0.25) is 30.0 Å². The van der Waals surface area contributed by atoms with E-state index in [4.69, 9.17) is 11.6 Å². The van der Waals surface area contributed by atoms with Crippen LogP contribution in [0.2, 0.25) is 5.02 Å². The molecule has 0 fully saturated rings. The summed E-state index contributed by atoms with van der Waals surface area (Å²) in [4.78, 5) is 55.2. The van der Waals surface area contributed by atoms with Gasteiger partial charge in [-0.25, -0.2) is 4.79 Å². The highest BCUT2D eigenvalue weighted by Gasteiger charge is 2.37. The first-order valence-electron chi connectivity index (χ1n) is 12.6. The molecule has 3 amide bonds. The van der Waals surface area contributed by atoms with Crippen molar-refractivity contribution in [1.82, 2.24) is 30.1 Å². The van der Waals surface area contributed by atoms with E-state index in [-0.39, 0.29) is 24.2 Å². The third-order valence-electron chi connectivity index (χ3n) is 6.50. The Balaban J connectivity index is 1.45. The lowest BCUT2D eigenvalue weighted by atomic mass is 9.95. The zero-order valence-electron chi connectivity index (χ0n) is 22.4. The van der Waals surface area contributed by atoms with E-state index < -0.39 is 28.9 Å². The number of rotatable bonds is 7. The normalized spacial score (nSPS) is 14.2. The highest BCUT2D eigenvalue weighted by molar-refractivity contribution is 6.30. The number of carbonyl (C=O) groups is 3. The Morgan fingerprint density at radius 3 is 2.53 bits per heavy atom. The van der Waals surface area contributed by atoms with E-state index in [2.05, 4.69) is 35.9 Å². The Morgan fingerprint density at radius 2 is 1.86 bits per heavy atom. The molecule has 1 aliphatic rings. The molecular formula is C27H22ClN9O6. The SMILES string of the molecule is COC(=O)Nc1ccc(NC(=O)C2c3cc([N+](=O)[O-])cnc3CCN2C(=O)C=Cc2cc(Cl)ccc2-n2cnnn2)cc1. The molecule has 2 aromatic carbocycles. The molecule has 15 nitrogen and oxygen atoms in total. The molecule has 2 N–H and O–H groups in total. The van der Waals surface area contributed by atoms with Gasteiger partial charge in [0.25, 0.3) is 11.6 Å². The van der Waals surface area contributed by atoms with E-state index in [9.17, 15) is 24.5 Å². The summed E-state index contributed by atoms with van der Waals surface area (Å²) in [6.45, 7) is 0.121. The third-order valence-corrected chi connectivity index (χ3v) is 6.74. The molecule has 0 bridgehead atoms. The molecule has 2 aromatic heterocycles. The zero-order valence-corrected chi connectivity index (χ0v) is 23.1. The summed E-state index contributed by atoms with van der Waals surface area (Å²) in [5.74, 6) is -1.15. The monoisotopic (exact) mass is 603 g/mol. The molecule has 4 aromatic rings. The molecule has 1 unspecified atom stereocenters. The van der Waals surface area contributed by atoms with Gasteiger partial charge in [0, 0.05) is 58.3 Å². The maximum absolute atomic E-state index is 13.7. The second-order valence-corrected chi connectivity index (χ2v) is 9.58. The number of hydrogen-bond acceptors (Lipinski definition) is 10. The van der Waals surface area contributed by atoms with Crippen LogP contribution in [0.4, 0.5) is 21.9 Å². The van der Waals surface area contributed by atoms with Crippen molar-refractivity contribution < 1.29 is 24.0 Å². The van der Waals surface area contributed by atoms with Crippen LogP contribution in [0.1, 0.15) is 22.9 Å². The Labute approximate surface area is 248 Å². The van der Waals surface area contributed by atoms with Gasteiger partial charge in [-0.1, -0.05) is 11.6 Å². The topological polar surface area (TPSA) is 187 Å². The summed E-state index contributed by atoms with van der Waals surface area (Å²) in [6.07, 6.45) is 4.93. The summed E-state index contributed by atoms with van der Waals surface area (Å²) < 4.78 is 5.98. The number of carbonyl (C=O) groups excluding carboxylic acids is 3. The van der Waals surface area contributed by atoms with Crippen LogP contribution in [0.5, 0.6) is 0 Å². The van der Waals surface area contributed by atoms with Crippen LogP contribution in [0, 0.1) is 10.1 Å². The first-order valence-corrected chi connectivity index (χ1v) is 13.0.